The Kier molecular flexibility index (Phi) is 3.62. The maximum atomic E-state index is 4.58. The average Bonchev–Trinajstić information content (AvgIpc) is 3.31. The van der Waals surface area contributed by atoms with Gasteiger partial charge in [0.05, 0.1) is 6.33 Å². The van der Waals surface area contributed by atoms with Crippen LogP contribution < -0.4 is 9.80 Å². The van der Waals surface area contributed by atoms with E-state index in [2.05, 4.69) is 46.9 Å². The molecule has 0 unspecified atom stereocenters. The van der Waals surface area contributed by atoms with Crippen LogP contribution in [0.1, 0.15) is 12.7 Å². The van der Waals surface area contributed by atoms with E-state index >= 15 is 0 Å². The summed E-state index contributed by atoms with van der Waals surface area (Å²) in [4.78, 5) is 22.2. The molecule has 10 heteroatoms. The molecule has 4 aromatic rings. The monoisotopic (exact) mass is 364 g/mol. The third-order valence-corrected chi connectivity index (χ3v) is 5.06. The van der Waals surface area contributed by atoms with Gasteiger partial charge >= 0.3 is 0 Å². The van der Waals surface area contributed by atoms with Gasteiger partial charge in [-0.3, -0.25) is 4.40 Å². The van der Waals surface area contributed by atoms with Crippen LogP contribution >= 0.6 is 0 Å². The summed E-state index contributed by atoms with van der Waals surface area (Å²) in [5.74, 6) is 2.77. The molecular weight excluding hydrogens is 344 g/mol. The minimum Gasteiger partial charge on any atom is -0.351 e. The SMILES string of the molecule is CCc1nnc2c(N3CCN(c4ncnc5ncn(C)c45)CC3)nccn12. The van der Waals surface area contributed by atoms with Gasteiger partial charge in [0.2, 0.25) is 5.65 Å². The molecule has 0 aromatic carbocycles. The Balaban J connectivity index is 1.42. The predicted molar refractivity (Wildman–Crippen MR) is 101 cm³/mol. The van der Waals surface area contributed by atoms with Crippen LogP contribution in [-0.2, 0) is 13.5 Å². The molecule has 0 spiro atoms. The number of aromatic nitrogens is 8. The summed E-state index contributed by atoms with van der Waals surface area (Å²) in [5, 5.41) is 8.63. The fourth-order valence-corrected chi connectivity index (χ4v) is 3.66. The molecular formula is C17H20N10. The van der Waals surface area contributed by atoms with Crippen molar-refractivity contribution in [3.05, 3.63) is 30.9 Å². The topological polar surface area (TPSA) is 93.2 Å². The van der Waals surface area contributed by atoms with Crippen LogP contribution in [0.3, 0.4) is 0 Å². The molecule has 0 saturated carbocycles. The number of rotatable bonds is 3. The van der Waals surface area contributed by atoms with Crippen LogP contribution in [0.25, 0.3) is 16.8 Å². The summed E-state index contributed by atoms with van der Waals surface area (Å²) < 4.78 is 4.00. The van der Waals surface area contributed by atoms with Crippen molar-refractivity contribution in [1.82, 2.24) is 39.1 Å². The highest BCUT2D eigenvalue weighted by atomic mass is 15.3. The maximum absolute atomic E-state index is 4.58. The van der Waals surface area contributed by atoms with Crippen LogP contribution in [0.5, 0.6) is 0 Å². The van der Waals surface area contributed by atoms with Crippen LogP contribution in [0.15, 0.2) is 25.0 Å². The molecule has 0 atom stereocenters. The first-order valence-corrected chi connectivity index (χ1v) is 9.06. The standard InChI is InChI=1S/C17H20N10/c1-3-12-22-23-17-16(18-4-5-27(12)17)26-8-6-25(7-9-26)15-13-14(19-10-20-15)21-11-24(13)2/h4-5,10-11H,3,6-9H2,1-2H3. The van der Waals surface area contributed by atoms with E-state index in [1.807, 2.05) is 28.4 Å². The molecule has 1 saturated heterocycles. The summed E-state index contributed by atoms with van der Waals surface area (Å²) in [6.45, 7) is 5.44. The van der Waals surface area contributed by atoms with Gasteiger partial charge in [0.25, 0.3) is 0 Å². The Labute approximate surface area is 155 Å². The average molecular weight is 364 g/mol. The first kappa shape index (κ1) is 15.9. The predicted octanol–water partition coefficient (Wildman–Crippen LogP) is 0.690. The minimum absolute atomic E-state index is 0.729. The fraction of sp³-hybridized carbons (Fsp3) is 0.412. The number of hydrogen-bond donors (Lipinski definition) is 0. The molecule has 1 fully saturated rings. The molecule has 138 valence electrons. The van der Waals surface area contributed by atoms with Crippen molar-refractivity contribution in [3.8, 4) is 0 Å². The van der Waals surface area contributed by atoms with Crippen LogP contribution in [0.4, 0.5) is 11.6 Å². The molecule has 0 aliphatic carbocycles. The molecule has 0 bridgehead atoms. The Bertz CT molecular complexity index is 1110. The zero-order valence-electron chi connectivity index (χ0n) is 15.3. The molecule has 5 heterocycles. The van der Waals surface area contributed by atoms with Crippen LogP contribution in [0.2, 0.25) is 0 Å². The van der Waals surface area contributed by atoms with E-state index in [1.54, 1.807) is 12.7 Å². The molecule has 0 N–H and O–H groups in total. The third kappa shape index (κ3) is 2.47. The Hall–Kier alpha value is -3.30. The first-order valence-electron chi connectivity index (χ1n) is 9.06. The van der Waals surface area contributed by atoms with E-state index in [4.69, 9.17) is 0 Å². The Morgan fingerprint density at radius 1 is 0.926 bits per heavy atom. The van der Waals surface area contributed by atoms with Gasteiger partial charge in [0.15, 0.2) is 17.3 Å². The van der Waals surface area contributed by atoms with Gasteiger partial charge < -0.3 is 14.4 Å². The number of nitrogens with zero attached hydrogens (tertiary/aromatic N) is 10. The number of anilines is 2. The van der Waals surface area contributed by atoms with Crippen molar-refractivity contribution < 1.29 is 0 Å². The van der Waals surface area contributed by atoms with Crippen molar-refractivity contribution in [3.63, 3.8) is 0 Å². The van der Waals surface area contributed by atoms with Crippen LogP contribution in [0, 0.1) is 0 Å². The van der Waals surface area contributed by atoms with E-state index in [1.165, 1.54) is 0 Å². The van der Waals surface area contributed by atoms with E-state index in [0.29, 0.717) is 0 Å². The molecule has 5 rings (SSSR count). The normalized spacial score (nSPS) is 15.2. The number of hydrogen-bond acceptors (Lipinski definition) is 8. The molecule has 0 radical (unpaired) electrons. The number of fused-ring (bicyclic) bond motifs is 2. The summed E-state index contributed by atoms with van der Waals surface area (Å²) in [6, 6.07) is 0. The number of imidazole rings is 1. The lowest BCUT2D eigenvalue weighted by Crippen LogP contribution is -2.47. The highest BCUT2D eigenvalue weighted by molar-refractivity contribution is 5.83. The molecule has 1 aliphatic rings. The second-order valence-electron chi connectivity index (χ2n) is 6.61. The quantitative estimate of drug-likeness (QED) is 0.524. The van der Waals surface area contributed by atoms with Crippen molar-refractivity contribution in [2.24, 2.45) is 7.05 Å². The lowest BCUT2D eigenvalue weighted by Gasteiger charge is -2.36. The molecule has 1 aliphatic heterocycles. The summed E-state index contributed by atoms with van der Waals surface area (Å²) in [5.41, 5.74) is 2.52. The number of aryl methyl sites for hydroxylation is 2. The van der Waals surface area contributed by atoms with Crippen molar-refractivity contribution in [1.29, 1.82) is 0 Å². The molecule has 4 aromatic heterocycles. The van der Waals surface area contributed by atoms with Gasteiger partial charge in [-0.1, -0.05) is 6.92 Å². The molecule has 10 nitrogen and oxygen atoms in total. The maximum Gasteiger partial charge on any atom is 0.203 e. The highest BCUT2D eigenvalue weighted by Crippen LogP contribution is 2.25. The van der Waals surface area contributed by atoms with Crippen LogP contribution in [-0.4, -0.2) is 65.3 Å². The second-order valence-corrected chi connectivity index (χ2v) is 6.61. The van der Waals surface area contributed by atoms with Gasteiger partial charge in [-0.15, -0.1) is 10.2 Å². The van der Waals surface area contributed by atoms with E-state index in [-0.39, 0.29) is 0 Å². The summed E-state index contributed by atoms with van der Waals surface area (Å²) in [6.07, 6.45) is 7.95. The zero-order valence-corrected chi connectivity index (χ0v) is 15.3. The van der Waals surface area contributed by atoms with Crippen molar-refractivity contribution in [2.45, 2.75) is 13.3 Å². The summed E-state index contributed by atoms with van der Waals surface area (Å²) in [7, 11) is 1.97. The Morgan fingerprint density at radius 3 is 2.48 bits per heavy atom. The van der Waals surface area contributed by atoms with Crippen molar-refractivity contribution >= 4 is 28.4 Å². The molecule has 27 heavy (non-hydrogen) atoms. The Morgan fingerprint density at radius 2 is 1.70 bits per heavy atom. The van der Waals surface area contributed by atoms with Crippen molar-refractivity contribution in [2.75, 3.05) is 36.0 Å². The van der Waals surface area contributed by atoms with E-state index in [9.17, 15) is 0 Å². The minimum atomic E-state index is 0.729. The fourth-order valence-electron chi connectivity index (χ4n) is 3.66. The smallest absolute Gasteiger partial charge is 0.203 e. The van der Waals surface area contributed by atoms with Gasteiger partial charge in [-0.2, -0.15) is 0 Å². The highest BCUT2D eigenvalue weighted by Gasteiger charge is 2.24. The lowest BCUT2D eigenvalue weighted by atomic mass is 10.3. The van der Waals surface area contributed by atoms with E-state index in [0.717, 1.165) is 66.9 Å². The van der Waals surface area contributed by atoms with Gasteiger partial charge in [0, 0.05) is 52.0 Å². The van der Waals surface area contributed by atoms with Gasteiger partial charge in [-0.25, -0.2) is 19.9 Å². The lowest BCUT2D eigenvalue weighted by molar-refractivity contribution is 0.642. The van der Waals surface area contributed by atoms with Gasteiger partial charge in [-0.05, 0) is 0 Å². The first-order chi connectivity index (χ1) is 13.3. The summed E-state index contributed by atoms with van der Waals surface area (Å²) >= 11 is 0. The van der Waals surface area contributed by atoms with E-state index < -0.39 is 0 Å². The largest absolute Gasteiger partial charge is 0.351 e. The third-order valence-electron chi connectivity index (χ3n) is 5.06. The zero-order chi connectivity index (χ0) is 18.4. The second kappa shape index (κ2) is 6.15. The molecule has 0 amide bonds. The van der Waals surface area contributed by atoms with Gasteiger partial charge in [0.1, 0.15) is 17.7 Å². The number of piperazine rings is 1.